The number of benzene rings is 2. The highest BCUT2D eigenvalue weighted by Gasteiger charge is 2.16. The van der Waals surface area contributed by atoms with Crippen molar-refractivity contribution in [3.8, 4) is 5.75 Å². The van der Waals surface area contributed by atoms with Gasteiger partial charge in [0, 0.05) is 23.3 Å². The second kappa shape index (κ2) is 8.03. The highest BCUT2D eigenvalue weighted by atomic mass is 35.5. The molecule has 0 bridgehead atoms. The molecular formula is C19H21ClN2O3. The van der Waals surface area contributed by atoms with Crippen LogP contribution in [0.25, 0.3) is 0 Å². The number of hydrogen-bond acceptors (Lipinski definition) is 3. The van der Waals surface area contributed by atoms with E-state index in [2.05, 4.69) is 10.6 Å². The van der Waals surface area contributed by atoms with Crippen molar-refractivity contribution in [3.63, 3.8) is 0 Å². The average Bonchev–Trinajstić information content (AvgIpc) is 2.52. The van der Waals surface area contributed by atoms with Crippen LogP contribution in [0.5, 0.6) is 5.75 Å². The van der Waals surface area contributed by atoms with Gasteiger partial charge < -0.3 is 15.4 Å². The zero-order valence-corrected chi connectivity index (χ0v) is 15.4. The Morgan fingerprint density at radius 1 is 1.04 bits per heavy atom. The third-order valence-electron chi connectivity index (χ3n) is 3.63. The smallest absolute Gasteiger partial charge is 0.265 e. The Hall–Kier alpha value is -2.53. The number of rotatable bonds is 5. The van der Waals surface area contributed by atoms with Crippen LogP contribution in [0.15, 0.2) is 36.4 Å². The second-order valence-electron chi connectivity index (χ2n) is 5.87. The summed E-state index contributed by atoms with van der Waals surface area (Å²) in [7, 11) is 0. The van der Waals surface area contributed by atoms with E-state index < -0.39 is 6.10 Å². The van der Waals surface area contributed by atoms with Crippen molar-refractivity contribution < 1.29 is 14.3 Å². The maximum absolute atomic E-state index is 12.4. The molecule has 2 N–H and O–H groups in total. The van der Waals surface area contributed by atoms with Gasteiger partial charge in [-0.05, 0) is 62.2 Å². The van der Waals surface area contributed by atoms with E-state index in [9.17, 15) is 9.59 Å². The van der Waals surface area contributed by atoms with Gasteiger partial charge in [-0.3, -0.25) is 9.59 Å². The van der Waals surface area contributed by atoms with Crippen molar-refractivity contribution in [2.75, 3.05) is 10.6 Å². The molecule has 0 aliphatic rings. The van der Waals surface area contributed by atoms with Crippen LogP contribution in [-0.4, -0.2) is 17.9 Å². The maximum Gasteiger partial charge on any atom is 0.265 e. The largest absolute Gasteiger partial charge is 0.481 e. The molecule has 0 aliphatic carbocycles. The Morgan fingerprint density at radius 3 is 2.40 bits per heavy atom. The lowest BCUT2D eigenvalue weighted by molar-refractivity contribution is -0.122. The summed E-state index contributed by atoms with van der Waals surface area (Å²) in [5.74, 6) is 0.156. The number of anilines is 2. The first kappa shape index (κ1) is 18.8. The lowest BCUT2D eigenvalue weighted by Gasteiger charge is -2.17. The highest BCUT2D eigenvalue weighted by molar-refractivity contribution is 6.30. The van der Waals surface area contributed by atoms with Gasteiger partial charge in [-0.2, -0.15) is 0 Å². The van der Waals surface area contributed by atoms with E-state index in [1.807, 2.05) is 19.9 Å². The molecule has 0 spiro atoms. The Morgan fingerprint density at radius 2 is 1.76 bits per heavy atom. The highest BCUT2D eigenvalue weighted by Crippen LogP contribution is 2.24. The molecule has 2 amide bonds. The Balaban J connectivity index is 2.07. The predicted octanol–water partition coefficient (Wildman–Crippen LogP) is 4.32. The Bertz CT molecular complexity index is 805. The minimum atomic E-state index is -0.689. The van der Waals surface area contributed by atoms with Crippen molar-refractivity contribution >= 4 is 34.8 Å². The molecule has 0 saturated carbocycles. The molecular weight excluding hydrogens is 340 g/mol. The van der Waals surface area contributed by atoms with E-state index in [-0.39, 0.29) is 11.8 Å². The Labute approximate surface area is 152 Å². The summed E-state index contributed by atoms with van der Waals surface area (Å²) in [5.41, 5.74) is 3.01. The summed E-state index contributed by atoms with van der Waals surface area (Å²) in [6.45, 7) is 6.86. The van der Waals surface area contributed by atoms with Crippen LogP contribution in [-0.2, 0) is 9.59 Å². The van der Waals surface area contributed by atoms with E-state index in [4.69, 9.17) is 16.3 Å². The average molecular weight is 361 g/mol. The first-order chi connectivity index (χ1) is 11.8. The van der Waals surface area contributed by atoms with E-state index in [1.165, 1.54) is 6.92 Å². The first-order valence-electron chi connectivity index (χ1n) is 7.88. The summed E-state index contributed by atoms with van der Waals surface area (Å²) >= 11 is 5.92. The molecule has 5 nitrogen and oxygen atoms in total. The van der Waals surface area contributed by atoms with Crippen molar-refractivity contribution in [2.45, 2.75) is 33.8 Å². The number of aryl methyl sites for hydroxylation is 2. The molecule has 132 valence electrons. The number of nitrogens with one attached hydrogen (secondary N) is 2. The quantitative estimate of drug-likeness (QED) is 0.834. The van der Waals surface area contributed by atoms with Crippen molar-refractivity contribution in [1.29, 1.82) is 0 Å². The van der Waals surface area contributed by atoms with E-state index in [0.29, 0.717) is 22.1 Å². The summed E-state index contributed by atoms with van der Waals surface area (Å²) < 4.78 is 5.71. The fraction of sp³-hybridized carbons (Fsp3) is 0.263. The minimum Gasteiger partial charge on any atom is -0.481 e. The molecule has 0 fully saturated rings. The molecule has 0 saturated heterocycles. The van der Waals surface area contributed by atoms with Gasteiger partial charge in [-0.15, -0.1) is 0 Å². The van der Waals surface area contributed by atoms with Gasteiger partial charge in [0.1, 0.15) is 5.75 Å². The summed E-state index contributed by atoms with van der Waals surface area (Å²) in [6, 6.07) is 10.6. The van der Waals surface area contributed by atoms with Crippen molar-refractivity contribution in [1.82, 2.24) is 0 Å². The molecule has 2 rings (SSSR count). The zero-order valence-electron chi connectivity index (χ0n) is 14.6. The van der Waals surface area contributed by atoms with Gasteiger partial charge in [0.2, 0.25) is 5.91 Å². The molecule has 2 aromatic carbocycles. The van der Waals surface area contributed by atoms with Crippen LogP contribution in [0.1, 0.15) is 25.0 Å². The molecule has 6 heteroatoms. The molecule has 1 unspecified atom stereocenters. The van der Waals surface area contributed by atoms with Crippen LogP contribution >= 0.6 is 11.6 Å². The maximum atomic E-state index is 12.4. The van der Waals surface area contributed by atoms with Crippen molar-refractivity contribution in [2.24, 2.45) is 0 Å². The SMILES string of the molecule is CC(=O)Nc1cc(NC(=O)C(C)Oc2ccc(Cl)cc2C)ccc1C. The second-order valence-corrected chi connectivity index (χ2v) is 6.31. The fourth-order valence-electron chi connectivity index (χ4n) is 2.26. The molecule has 0 aromatic heterocycles. The van der Waals surface area contributed by atoms with Crippen LogP contribution < -0.4 is 15.4 Å². The van der Waals surface area contributed by atoms with Crippen LogP contribution in [0.2, 0.25) is 5.02 Å². The Kier molecular flexibility index (Phi) is 6.04. The summed E-state index contributed by atoms with van der Waals surface area (Å²) in [5, 5.41) is 6.14. The molecule has 0 radical (unpaired) electrons. The van der Waals surface area contributed by atoms with E-state index >= 15 is 0 Å². The topological polar surface area (TPSA) is 67.4 Å². The monoisotopic (exact) mass is 360 g/mol. The van der Waals surface area contributed by atoms with Crippen LogP contribution in [0.3, 0.4) is 0 Å². The molecule has 25 heavy (non-hydrogen) atoms. The molecule has 1 atom stereocenters. The minimum absolute atomic E-state index is 0.165. The summed E-state index contributed by atoms with van der Waals surface area (Å²) in [4.78, 5) is 23.6. The standard InChI is InChI=1S/C19H21ClN2O3/c1-11-5-7-16(10-17(11)21-14(4)23)22-19(24)13(3)25-18-8-6-15(20)9-12(18)2/h5-10,13H,1-4H3,(H,21,23)(H,22,24). The number of carbonyl (C=O) groups is 2. The predicted molar refractivity (Wildman–Crippen MR) is 100 cm³/mol. The van der Waals surface area contributed by atoms with Gasteiger partial charge >= 0.3 is 0 Å². The normalized spacial score (nSPS) is 11.6. The third kappa shape index (κ3) is 5.22. The number of ether oxygens (including phenoxy) is 1. The van der Waals surface area contributed by atoms with Gasteiger partial charge in [-0.25, -0.2) is 0 Å². The fourth-order valence-corrected chi connectivity index (χ4v) is 2.48. The third-order valence-corrected chi connectivity index (χ3v) is 3.86. The van der Waals surface area contributed by atoms with Gasteiger partial charge in [-0.1, -0.05) is 17.7 Å². The molecule has 2 aromatic rings. The van der Waals surface area contributed by atoms with Crippen molar-refractivity contribution in [3.05, 3.63) is 52.5 Å². The van der Waals surface area contributed by atoms with Crippen LogP contribution in [0.4, 0.5) is 11.4 Å². The van der Waals surface area contributed by atoms with Gasteiger partial charge in [0.05, 0.1) is 0 Å². The van der Waals surface area contributed by atoms with Gasteiger partial charge in [0.25, 0.3) is 5.91 Å². The zero-order chi connectivity index (χ0) is 18.6. The summed E-state index contributed by atoms with van der Waals surface area (Å²) in [6.07, 6.45) is -0.689. The van der Waals surface area contributed by atoms with E-state index in [1.54, 1.807) is 37.3 Å². The van der Waals surface area contributed by atoms with E-state index in [0.717, 1.165) is 11.1 Å². The lowest BCUT2D eigenvalue weighted by Crippen LogP contribution is -2.30. The van der Waals surface area contributed by atoms with Crippen LogP contribution in [0, 0.1) is 13.8 Å². The van der Waals surface area contributed by atoms with Gasteiger partial charge in [0.15, 0.2) is 6.10 Å². The molecule has 0 aliphatic heterocycles. The number of carbonyl (C=O) groups excluding carboxylic acids is 2. The lowest BCUT2D eigenvalue weighted by atomic mass is 10.1. The molecule has 0 heterocycles. The number of amides is 2. The first-order valence-corrected chi connectivity index (χ1v) is 8.26. The number of hydrogen-bond donors (Lipinski definition) is 2. The number of halogens is 1.